The number of carbonyl (C=O) groups is 1. The van der Waals surface area contributed by atoms with Gasteiger partial charge in [0.15, 0.2) is 6.61 Å². The molecule has 1 N–H and O–H groups in total. The van der Waals surface area contributed by atoms with Crippen molar-refractivity contribution in [3.63, 3.8) is 0 Å². The van der Waals surface area contributed by atoms with E-state index in [1.807, 2.05) is 0 Å². The second kappa shape index (κ2) is 8.98. The van der Waals surface area contributed by atoms with Gasteiger partial charge >= 0.3 is 12.4 Å². The minimum atomic E-state index is -5.06. The molecule has 0 aromatic heterocycles. The number of anilines is 1. The maximum absolute atomic E-state index is 12.9. The van der Waals surface area contributed by atoms with Crippen LogP contribution in [0.1, 0.15) is 16.7 Å². The van der Waals surface area contributed by atoms with E-state index in [4.69, 9.17) is 4.74 Å². The van der Waals surface area contributed by atoms with Crippen molar-refractivity contribution in [1.29, 1.82) is 0 Å². The third-order valence-electron chi connectivity index (χ3n) is 4.19. The number of carbonyl (C=O) groups excluding carboxylic acids is 1. The van der Waals surface area contributed by atoms with Gasteiger partial charge in [-0.25, -0.2) is 12.7 Å². The Morgan fingerprint density at radius 1 is 0.969 bits per heavy atom. The Kier molecular flexibility index (Phi) is 7.15. The Hall–Kier alpha value is -2.80. The predicted molar refractivity (Wildman–Crippen MR) is 103 cm³/mol. The summed E-state index contributed by atoms with van der Waals surface area (Å²) in [6, 6.07) is 4.55. The van der Waals surface area contributed by atoms with Gasteiger partial charge in [-0.2, -0.15) is 26.3 Å². The van der Waals surface area contributed by atoms with Crippen LogP contribution >= 0.6 is 0 Å². The summed E-state index contributed by atoms with van der Waals surface area (Å²) < 4.78 is 108. The highest BCUT2D eigenvalue weighted by atomic mass is 32.2. The molecule has 0 radical (unpaired) electrons. The molecular formula is C19H18F6N2O4S. The van der Waals surface area contributed by atoms with E-state index in [2.05, 4.69) is 5.32 Å². The number of rotatable bonds is 6. The number of alkyl halides is 6. The van der Waals surface area contributed by atoms with Crippen LogP contribution in [0, 0.1) is 6.92 Å². The van der Waals surface area contributed by atoms with Crippen LogP contribution in [0.25, 0.3) is 0 Å². The third-order valence-corrected chi connectivity index (χ3v) is 6.00. The van der Waals surface area contributed by atoms with Gasteiger partial charge in [0.1, 0.15) is 5.75 Å². The highest BCUT2D eigenvalue weighted by Gasteiger charge is 2.37. The van der Waals surface area contributed by atoms with Crippen molar-refractivity contribution in [3.8, 4) is 5.75 Å². The van der Waals surface area contributed by atoms with Gasteiger partial charge in [0.05, 0.1) is 16.0 Å². The summed E-state index contributed by atoms with van der Waals surface area (Å²) in [6.07, 6.45) is -10.1. The molecule has 0 aliphatic heterocycles. The molecule has 0 atom stereocenters. The van der Waals surface area contributed by atoms with Crippen LogP contribution in [-0.2, 0) is 27.2 Å². The molecule has 0 unspecified atom stereocenters. The molecule has 2 rings (SSSR count). The van der Waals surface area contributed by atoms with Gasteiger partial charge in [0, 0.05) is 19.8 Å². The molecule has 1 amide bonds. The number of hydrogen-bond donors (Lipinski definition) is 1. The normalized spacial score (nSPS) is 12.7. The van der Waals surface area contributed by atoms with Crippen LogP contribution in [0.4, 0.5) is 32.0 Å². The van der Waals surface area contributed by atoms with Gasteiger partial charge in [-0.1, -0.05) is 6.07 Å². The van der Waals surface area contributed by atoms with E-state index in [0.717, 1.165) is 4.31 Å². The number of hydrogen-bond acceptors (Lipinski definition) is 4. The van der Waals surface area contributed by atoms with E-state index < -0.39 is 51.8 Å². The van der Waals surface area contributed by atoms with Gasteiger partial charge in [0.2, 0.25) is 10.0 Å². The van der Waals surface area contributed by atoms with Crippen LogP contribution in [0.15, 0.2) is 41.3 Å². The molecule has 0 saturated carbocycles. The summed E-state index contributed by atoms with van der Waals surface area (Å²) in [6.45, 7) is 0.646. The van der Waals surface area contributed by atoms with Gasteiger partial charge < -0.3 is 10.1 Å². The summed E-state index contributed by atoms with van der Waals surface area (Å²) in [5, 5.41) is 2.33. The van der Waals surface area contributed by atoms with Crippen LogP contribution in [0.5, 0.6) is 5.75 Å². The lowest BCUT2D eigenvalue weighted by molar-refractivity contribution is -0.143. The molecule has 176 valence electrons. The molecule has 2 aromatic rings. The Morgan fingerprint density at radius 2 is 1.50 bits per heavy atom. The van der Waals surface area contributed by atoms with Crippen molar-refractivity contribution < 1.29 is 44.3 Å². The second-order valence-corrected chi connectivity index (χ2v) is 8.99. The minimum Gasteiger partial charge on any atom is -0.484 e. The third kappa shape index (κ3) is 6.13. The number of nitrogens with zero attached hydrogens (tertiary/aromatic N) is 1. The van der Waals surface area contributed by atoms with Gasteiger partial charge in [-0.05, 0) is 42.8 Å². The van der Waals surface area contributed by atoms with E-state index in [-0.39, 0.29) is 16.6 Å². The first kappa shape index (κ1) is 25.5. The lowest BCUT2D eigenvalue weighted by Crippen LogP contribution is -2.23. The summed E-state index contributed by atoms with van der Waals surface area (Å²) in [5.41, 5.74) is -2.61. The van der Waals surface area contributed by atoms with E-state index in [1.54, 1.807) is 6.92 Å². The van der Waals surface area contributed by atoms with Crippen LogP contribution in [-0.4, -0.2) is 39.3 Å². The second-order valence-electron chi connectivity index (χ2n) is 6.84. The molecule has 0 aliphatic carbocycles. The quantitative estimate of drug-likeness (QED) is 0.621. The maximum Gasteiger partial charge on any atom is 0.416 e. The van der Waals surface area contributed by atoms with Crippen LogP contribution < -0.4 is 10.1 Å². The number of aryl methyl sites for hydroxylation is 1. The lowest BCUT2D eigenvalue weighted by Gasteiger charge is -2.16. The van der Waals surface area contributed by atoms with Crippen molar-refractivity contribution in [2.45, 2.75) is 24.2 Å². The monoisotopic (exact) mass is 484 g/mol. The number of ether oxygens (including phenoxy) is 1. The fourth-order valence-corrected chi connectivity index (χ4v) is 3.38. The van der Waals surface area contributed by atoms with Crippen molar-refractivity contribution in [2.75, 3.05) is 26.0 Å². The van der Waals surface area contributed by atoms with Crippen molar-refractivity contribution >= 4 is 21.6 Å². The summed E-state index contributed by atoms with van der Waals surface area (Å²) in [5.74, 6) is -1.72. The molecule has 0 bridgehead atoms. The van der Waals surface area contributed by atoms with E-state index in [1.165, 1.54) is 32.3 Å². The number of halogens is 6. The first-order valence-corrected chi connectivity index (χ1v) is 10.2. The Balaban J connectivity index is 2.22. The first-order valence-electron chi connectivity index (χ1n) is 8.77. The Labute approximate surface area is 179 Å². The molecule has 6 nitrogen and oxygen atoms in total. The first-order chi connectivity index (χ1) is 14.5. The molecule has 2 aromatic carbocycles. The van der Waals surface area contributed by atoms with E-state index >= 15 is 0 Å². The molecule has 0 aliphatic rings. The highest BCUT2D eigenvalue weighted by molar-refractivity contribution is 7.89. The van der Waals surface area contributed by atoms with Gasteiger partial charge in [0.25, 0.3) is 5.91 Å². The molecule has 0 fully saturated rings. The summed E-state index contributed by atoms with van der Waals surface area (Å²) in [7, 11) is -1.18. The fourth-order valence-electron chi connectivity index (χ4n) is 2.45. The molecule has 13 heteroatoms. The van der Waals surface area contributed by atoms with Crippen LogP contribution in [0.3, 0.4) is 0 Å². The molecule has 0 spiro atoms. The maximum atomic E-state index is 12.9. The molecule has 0 saturated heterocycles. The Morgan fingerprint density at radius 3 is 1.97 bits per heavy atom. The van der Waals surface area contributed by atoms with E-state index in [0.29, 0.717) is 17.7 Å². The van der Waals surface area contributed by atoms with Crippen molar-refractivity contribution in [1.82, 2.24) is 4.31 Å². The predicted octanol–water partition coefficient (Wildman–Crippen LogP) is 4.30. The van der Waals surface area contributed by atoms with Gasteiger partial charge in [-0.3, -0.25) is 4.79 Å². The van der Waals surface area contributed by atoms with Crippen molar-refractivity contribution in [3.05, 3.63) is 53.1 Å². The zero-order chi connectivity index (χ0) is 24.5. The fraction of sp³-hybridized carbons (Fsp3) is 0.316. The largest absolute Gasteiger partial charge is 0.484 e. The number of amides is 1. The molecule has 0 heterocycles. The molecule has 32 heavy (non-hydrogen) atoms. The standard InChI is InChI=1S/C19H18F6N2O4S/c1-11-4-5-15(32(29,30)27(2)3)9-16(11)26-17(28)10-31-14-7-12(18(20,21)22)6-13(8-14)19(23,24)25/h4-9H,10H2,1-3H3,(H,26,28). The minimum absolute atomic E-state index is 0.0625. The summed E-state index contributed by atoms with van der Waals surface area (Å²) >= 11 is 0. The number of nitrogens with one attached hydrogen (secondary N) is 1. The zero-order valence-electron chi connectivity index (χ0n) is 16.9. The SMILES string of the molecule is Cc1ccc(S(=O)(=O)N(C)C)cc1NC(=O)COc1cc(C(F)(F)F)cc(C(F)(F)F)c1. The van der Waals surface area contributed by atoms with Gasteiger partial charge in [-0.15, -0.1) is 0 Å². The smallest absolute Gasteiger partial charge is 0.416 e. The summed E-state index contributed by atoms with van der Waals surface area (Å²) in [4.78, 5) is 12.0. The lowest BCUT2D eigenvalue weighted by atomic mass is 10.1. The van der Waals surface area contributed by atoms with Crippen molar-refractivity contribution in [2.24, 2.45) is 0 Å². The van der Waals surface area contributed by atoms with E-state index in [9.17, 15) is 39.6 Å². The number of benzene rings is 2. The van der Waals surface area contributed by atoms with Crippen LogP contribution in [0.2, 0.25) is 0 Å². The molecular weight excluding hydrogens is 466 g/mol. The number of sulfonamides is 1. The highest BCUT2D eigenvalue weighted by Crippen LogP contribution is 2.38. The average Bonchev–Trinajstić information content (AvgIpc) is 2.66. The average molecular weight is 484 g/mol. The Bertz CT molecular complexity index is 1080. The zero-order valence-corrected chi connectivity index (χ0v) is 17.7. The topological polar surface area (TPSA) is 75.7 Å².